The van der Waals surface area contributed by atoms with Crippen LogP contribution in [0, 0.1) is 0 Å². The van der Waals surface area contributed by atoms with Crippen LogP contribution >= 0.6 is 24.0 Å². The second-order valence-electron chi connectivity index (χ2n) is 6.77. The molecule has 0 saturated heterocycles. The van der Waals surface area contributed by atoms with E-state index < -0.39 is 0 Å². The van der Waals surface area contributed by atoms with Crippen LogP contribution in [0.2, 0.25) is 0 Å². The molecule has 0 spiro atoms. The number of methoxy groups -OCH3 is 1. The monoisotopic (exact) mass is 492 g/mol. The Labute approximate surface area is 182 Å². The van der Waals surface area contributed by atoms with Gasteiger partial charge in [0, 0.05) is 45.9 Å². The number of nitrogens with one attached hydrogen (secondary N) is 2. The second-order valence-corrected chi connectivity index (χ2v) is 6.77. The fourth-order valence-electron chi connectivity index (χ4n) is 2.81. The summed E-state index contributed by atoms with van der Waals surface area (Å²) in [5.74, 6) is 1.66. The highest BCUT2D eigenvalue weighted by Crippen LogP contribution is 2.13. The number of halogens is 1. The van der Waals surface area contributed by atoms with Crippen molar-refractivity contribution in [3.8, 4) is 5.75 Å². The lowest BCUT2D eigenvalue weighted by Crippen LogP contribution is -2.45. The zero-order valence-corrected chi connectivity index (χ0v) is 19.9. The van der Waals surface area contributed by atoms with Crippen LogP contribution in [0.15, 0.2) is 29.3 Å². The molecule has 0 fully saturated rings. The van der Waals surface area contributed by atoms with E-state index in [4.69, 9.17) is 9.47 Å². The predicted octanol–water partition coefficient (Wildman–Crippen LogP) is 3.11. The predicted molar refractivity (Wildman–Crippen MR) is 124 cm³/mol. The van der Waals surface area contributed by atoms with Gasteiger partial charge in [0.15, 0.2) is 5.96 Å². The van der Waals surface area contributed by atoms with Crippen molar-refractivity contribution in [1.82, 2.24) is 15.5 Å². The molecule has 1 rings (SSSR count). The SMILES string of the molecule is CN=C(NCCN(C(C)C)C(C)C)NCc1cccc(OCCOC)c1.I. The Bertz CT molecular complexity index is 530. The van der Waals surface area contributed by atoms with Gasteiger partial charge in [0.25, 0.3) is 0 Å². The first-order valence-electron chi connectivity index (χ1n) is 9.38. The minimum absolute atomic E-state index is 0. The molecule has 156 valence electrons. The normalized spacial score (nSPS) is 11.7. The van der Waals surface area contributed by atoms with Crippen molar-refractivity contribution in [3.63, 3.8) is 0 Å². The van der Waals surface area contributed by atoms with Gasteiger partial charge in [-0.3, -0.25) is 9.89 Å². The van der Waals surface area contributed by atoms with Gasteiger partial charge in [-0.25, -0.2) is 0 Å². The van der Waals surface area contributed by atoms with Crippen LogP contribution in [-0.2, 0) is 11.3 Å². The molecule has 0 aliphatic carbocycles. The van der Waals surface area contributed by atoms with Crippen molar-refractivity contribution >= 4 is 29.9 Å². The number of ether oxygens (including phenoxy) is 2. The molecule has 2 N–H and O–H groups in total. The van der Waals surface area contributed by atoms with Crippen molar-refractivity contribution in [2.75, 3.05) is 40.5 Å². The molecule has 6 nitrogen and oxygen atoms in total. The van der Waals surface area contributed by atoms with Crippen LogP contribution < -0.4 is 15.4 Å². The lowest BCUT2D eigenvalue weighted by Gasteiger charge is -2.30. The Morgan fingerprint density at radius 2 is 1.81 bits per heavy atom. The van der Waals surface area contributed by atoms with Crippen LogP contribution in [0.4, 0.5) is 0 Å². The smallest absolute Gasteiger partial charge is 0.191 e. The van der Waals surface area contributed by atoms with Crippen molar-refractivity contribution < 1.29 is 9.47 Å². The Morgan fingerprint density at radius 3 is 2.41 bits per heavy atom. The van der Waals surface area contributed by atoms with E-state index in [1.807, 2.05) is 18.2 Å². The van der Waals surface area contributed by atoms with E-state index in [1.165, 1.54) is 0 Å². The topological polar surface area (TPSA) is 58.1 Å². The molecule has 0 aliphatic heterocycles. The zero-order chi connectivity index (χ0) is 19.4. The van der Waals surface area contributed by atoms with Gasteiger partial charge in [-0.05, 0) is 45.4 Å². The van der Waals surface area contributed by atoms with Gasteiger partial charge in [0.2, 0.25) is 0 Å². The van der Waals surface area contributed by atoms with Gasteiger partial charge in [0.1, 0.15) is 12.4 Å². The number of benzene rings is 1. The maximum Gasteiger partial charge on any atom is 0.191 e. The molecule has 1 aromatic carbocycles. The van der Waals surface area contributed by atoms with E-state index in [-0.39, 0.29) is 24.0 Å². The largest absolute Gasteiger partial charge is 0.491 e. The maximum absolute atomic E-state index is 5.65. The summed E-state index contributed by atoms with van der Waals surface area (Å²) in [5.41, 5.74) is 1.15. The van der Waals surface area contributed by atoms with Gasteiger partial charge in [-0.2, -0.15) is 0 Å². The van der Waals surface area contributed by atoms with Crippen LogP contribution in [0.5, 0.6) is 5.75 Å². The third-order valence-electron chi connectivity index (χ3n) is 4.13. The lowest BCUT2D eigenvalue weighted by molar-refractivity contribution is 0.146. The van der Waals surface area contributed by atoms with E-state index in [1.54, 1.807) is 14.2 Å². The molecule has 0 aliphatic rings. The highest BCUT2D eigenvalue weighted by atomic mass is 127. The minimum atomic E-state index is 0. The molecule has 0 amide bonds. The van der Waals surface area contributed by atoms with E-state index in [0.29, 0.717) is 31.8 Å². The first-order chi connectivity index (χ1) is 12.5. The first kappa shape index (κ1) is 25.9. The molecule has 0 unspecified atom stereocenters. The molecule has 0 heterocycles. The fourth-order valence-corrected chi connectivity index (χ4v) is 2.81. The van der Waals surface area contributed by atoms with Gasteiger partial charge in [-0.1, -0.05) is 12.1 Å². The average Bonchev–Trinajstić information content (AvgIpc) is 2.61. The third kappa shape index (κ3) is 10.8. The average molecular weight is 492 g/mol. The summed E-state index contributed by atoms with van der Waals surface area (Å²) in [5, 5.41) is 6.74. The zero-order valence-electron chi connectivity index (χ0n) is 17.6. The van der Waals surface area contributed by atoms with Crippen molar-refractivity contribution in [2.45, 2.75) is 46.3 Å². The minimum Gasteiger partial charge on any atom is -0.491 e. The molecule has 0 atom stereocenters. The molecule has 0 aromatic heterocycles. The van der Waals surface area contributed by atoms with Gasteiger partial charge in [0.05, 0.1) is 6.61 Å². The summed E-state index contributed by atoms with van der Waals surface area (Å²) in [4.78, 5) is 6.76. The van der Waals surface area contributed by atoms with Crippen molar-refractivity contribution in [2.24, 2.45) is 4.99 Å². The van der Waals surface area contributed by atoms with Gasteiger partial charge < -0.3 is 20.1 Å². The van der Waals surface area contributed by atoms with Crippen LogP contribution in [0.25, 0.3) is 0 Å². The van der Waals surface area contributed by atoms with Gasteiger partial charge >= 0.3 is 0 Å². The van der Waals surface area contributed by atoms with E-state index in [2.05, 4.69) is 54.3 Å². The summed E-state index contributed by atoms with van der Waals surface area (Å²) in [6.07, 6.45) is 0. The molecule has 0 saturated carbocycles. The number of nitrogens with zero attached hydrogens (tertiary/aromatic N) is 2. The van der Waals surface area contributed by atoms with Gasteiger partial charge in [-0.15, -0.1) is 24.0 Å². The molecular weight excluding hydrogens is 455 g/mol. The number of aliphatic imine (C=N–C) groups is 1. The van der Waals surface area contributed by atoms with Crippen LogP contribution in [0.1, 0.15) is 33.3 Å². The van der Waals surface area contributed by atoms with E-state index >= 15 is 0 Å². The number of hydrogen-bond donors (Lipinski definition) is 2. The highest BCUT2D eigenvalue weighted by molar-refractivity contribution is 14.0. The number of hydrogen-bond acceptors (Lipinski definition) is 4. The number of guanidine groups is 1. The van der Waals surface area contributed by atoms with E-state index in [0.717, 1.165) is 30.4 Å². The fraction of sp³-hybridized carbons (Fsp3) is 0.650. The molecule has 27 heavy (non-hydrogen) atoms. The molecule has 0 radical (unpaired) electrons. The quantitative estimate of drug-likeness (QED) is 0.215. The Kier molecular flexibility index (Phi) is 14.3. The Morgan fingerprint density at radius 1 is 1.11 bits per heavy atom. The maximum atomic E-state index is 5.65. The molecular formula is C20H37IN4O2. The van der Waals surface area contributed by atoms with Crippen LogP contribution in [0.3, 0.4) is 0 Å². The Hall–Kier alpha value is -1.06. The molecule has 0 bridgehead atoms. The van der Waals surface area contributed by atoms with Crippen molar-refractivity contribution in [1.29, 1.82) is 0 Å². The number of rotatable bonds is 11. The highest BCUT2D eigenvalue weighted by Gasteiger charge is 2.12. The first-order valence-corrected chi connectivity index (χ1v) is 9.38. The summed E-state index contributed by atoms with van der Waals surface area (Å²) in [6.45, 7) is 12.6. The van der Waals surface area contributed by atoms with Crippen molar-refractivity contribution in [3.05, 3.63) is 29.8 Å². The standard InChI is InChI=1S/C20H36N4O2.HI/c1-16(2)24(17(3)4)11-10-22-20(21-5)23-15-18-8-7-9-19(14-18)26-13-12-25-6;/h7-9,14,16-17H,10-13,15H2,1-6H3,(H2,21,22,23);1H. The summed E-state index contributed by atoms with van der Waals surface area (Å²) >= 11 is 0. The van der Waals surface area contributed by atoms with Crippen LogP contribution in [-0.4, -0.2) is 63.4 Å². The summed E-state index contributed by atoms with van der Waals surface area (Å²) in [7, 11) is 3.46. The molecule has 1 aromatic rings. The van der Waals surface area contributed by atoms with E-state index in [9.17, 15) is 0 Å². The molecule has 7 heteroatoms. The summed E-state index contributed by atoms with van der Waals surface area (Å²) < 4.78 is 10.7. The summed E-state index contributed by atoms with van der Waals surface area (Å²) in [6, 6.07) is 9.13. The second kappa shape index (κ2) is 14.9. The third-order valence-corrected chi connectivity index (χ3v) is 4.13. The Balaban J connectivity index is 0.00000676. The lowest BCUT2D eigenvalue weighted by atomic mass is 10.2.